The standard InChI is InChI=1S/C18H22N2O4S2/c1-12-9-16-17(24-8-7-23-16)10-15(12)14-3-5-20(6-4-14)26(21,22)18-11-19-13(2)25-18/h9-11,14H,3-8H2,1-2H3. The summed E-state index contributed by atoms with van der Waals surface area (Å²) < 4.78 is 38.8. The molecule has 0 radical (unpaired) electrons. The van der Waals surface area contributed by atoms with E-state index < -0.39 is 10.0 Å². The molecule has 8 heteroatoms. The summed E-state index contributed by atoms with van der Waals surface area (Å²) in [6.45, 7) is 6.10. The van der Waals surface area contributed by atoms with Crippen molar-refractivity contribution in [1.29, 1.82) is 0 Å². The Morgan fingerprint density at radius 1 is 1.12 bits per heavy atom. The number of hydrogen-bond donors (Lipinski definition) is 0. The molecular formula is C18H22N2O4S2. The molecule has 0 amide bonds. The highest BCUT2D eigenvalue weighted by Gasteiger charge is 2.32. The Bertz CT molecular complexity index is 915. The van der Waals surface area contributed by atoms with Crippen molar-refractivity contribution in [2.24, 2.45) is 0 Å². The van der Waals surface area contributed by atoms with Crippen LogP contribution in [0.1, 0.15) is 34.9 Å². The maximum absolute atomic E-state index is 12.8. The number of hydrogen-bond acceptors (Lipinski definition) is 6. The predicted molar refractivity (Wildman–Crippen MR) is 99.8 cm³/mol. The molecule has 0 saturated carbocycles. The molecule has 3 heterocycles. The highest BCUT2D eigenvalue weighted by molar-refractivity contribution is 7.91. The number of aromatic nitrogens is 1. The number of rotatable bonds is 3. The van der Waals surface area contributed by atoms with Crippen LogP contribution >= 0.6 is 11.3 Å². The summed E-state index contributed by atoms with van der Waals surface area (Å²) >= 11 is 1.23. The fourth-order valence-corrected chi connectivity index (χ4v) is 6.37. The van der Waals surface area contributed by atoms with Gasteiger partial charge in [-0.3, -0.25) is 0 Å². The molecule has 2 aromatic rings. The Kier molecular flexibility index (Phi) is 4.66. The molecule has 0 unspecified atom stereocenters. The van der Waals surface area contributed by atoms with Crippen LogP contribution in [-0.4, -0.2) is 44.0 Å². The summed E-state index contributed by atoms with van der Waals surface area (Å²) in [6.07, 6.45) is 3.07. The van der Waals surface area contributed by atoms with E-state index in [1.54, 1.807) is 4.31 Å². The van der Waals surface area contributed by atoms with Crippen molar-refractivity contribution in [1.82, 2.24) is 9.29 Å². The average molecular weight is 395 g/mol. The van der Waals surface area contributed by atoms with E-state index in [1.807, 2.05) is 13.0 Å². The molecule has 140 valence electrons. The number of thiazole rings is 1. The van der Waals surface area contributed by atoms with Crippen LogP contribution in [-0.2, 0) is 10.0 Å². The fraction of sp³-hybridized carbons (Fsp3) is 0.500. The van der Waals surface area contributed by atoms with Crippen LogP contribution < -0.4 is 9.47 Å². The molecule has 2 aliphatic rings. The minimum Gasteiger partial charge on any atom is -0.486 e. The number of ether oxygens (including phenoxy) is 2. The first-order valence-corrected chi connectivity index (χ1v) is 11.0. The van der Waals surface area contributed by atoms with Crippen molar-refractivity contribution in [2.75, 3.05) is 26.3 Å². The number of sulfonamides is 1. The molecule has 0 N–H and O–H groups in total. The van der Waals surface area contributed by atoms with Crippen molar-refractivity contribution in [3.8, 4) is 11.5 Å². The lowest BCUT2D eigenvalue weighted by molar-refractivity contribution is 0.171. The molecule has 1 fully saturated rings. The van der Waals surface area contributed by atoms with E-state index >= 15 is 0 Å². The highest BCUT2D eigenvalue weighted by atomic mass is 32.2. The normalized spacial score (nSPS) is 18.8. The van der Waals surface area contributed by atoms with Crippen LogP contribution in [0.15, 0.2) is 22.5 Å². The number of fused-ring (bicyclic) bond motifs is 1. The van der Waals surface area contributed by atoms with Gasteiger partial charge in [-0.2, -0.15) is 4.31 Å². The first-order valence-electron chi connectivity index (χ1n) is 8.78. The first kappa shape index (κ1) is 17.8. The van der Waals surface area contributed by atoms with Gasteiger partial charge in [-0.25, -0.2) is 13.4 Å². The summed E-state index contributed by atoms with van der Waals surface area (Å²) in [5.74, 6) is 1.94. The molecule has 1 saturated heterocycles. The summed E-state index contributed by atoms with van der Waals surface area (Å²) in [5.41, 5.74) is 2.41. The summed E-state index contributed by atoms with van der Waals surface area (Å²) in [6, 6.07) is 4.11. The van der Waals surface area contributed by atoms with Gasteiger partial charge in [0, 0.05) is 13.1 Å². The topological polar surface area (TPSA) is 68.7 Å². The van der Waals surface area contributed by atoms with Gasteiger partial charge in [-0.05, 0) is 55.9 Å². The van der Waals surface area contributed by atoms with Crippen LogP contribution in [0.25, 0.3) is 0 Å². The molecule has 6 nitrogen and oxygen atoms in total. The van der Waals surface area contributed by atoms with Gasteiger partial charge < -0.3 is 9.47 Å². The van der Waals surface area contributed by atoms with Crippen LogP contribution in [0, 0.1) is 13.8 Å². The van der Waals surface area contributed by atoms with Crippen LogP contribution in [0.4, 0.5) is 0 Å². The molecule has 0 spiro atoms. The number of piperidine rings is 1. The Hall–Kier alpha value is -1.64. The predicted octanol–water partition coefficient (Wildman–Crippen LogP) is 3.10. The molecule has 26 heavy (non-hydrogen) atoms. The second-order valence-corrected chi connectivity index (χ2v) is 10.1. The van der Waals surface area contributed by atoms with Gasteiger partial charge in [0.2, 0.25) is 0 Å². The zero-order valence-electron chi connectivity index (χ0n) is 14.9. The number of aryl methyl sites for hydroxylation is 2. The Morgan fingerprint density at radius 3 is 2.38 bits per heavy atom. The van der Waals surface area contributed by atoms with Crippen molar-refractivity contribution < 1.29 is 17.9 Å². The lowest BCUT2D eigenvalue weighted by atomic mass is 9.87. The van der Waals surface area contributed by atoms with Crippen LogP contribution in [0.5, 0.6) is 11.5 Å². The smallest absolute Gasteiger partial charge is 0.254 e. The van der Waals surface area contributed by atoms with E-state index in [0.29, 0.717) is 36.4 Å². The van der Waals surface area contributed by atoms with E-state index in [4.69, 9.17) is 9.47 Å². The van der Waals surface area contributed by atoms with Crippen LogP contribution in [0.3, 0.4) is 0 Å². The molecule has 0 bridgehead atoms. The molecule has 1 aromatic carbocycles. The monoisotopic (exact) mass is 394 g/mol. The van der Waals surface area contributed by atoms with Gasteiger partial charge >= 0.3 is 0 Å². The molecule has 1 aromatic heterocycles. The van der Waals surface area contributed by atoms with Crippen LogP contribution in [0.2, 0.25) is 0 Å². The second-order valence-electron chi connectivity index (χ2n) is 6.73. The van der Waals surface area contributed by atoms with Gasteiger partial charge in [0.1, 0.15) is 13.2 Å². The minimum atomic E-state index is -3.43. The highest BCUT2D eigenvalue weighted by Crippen LogP contribution is 2.39. The second kappa shape index (κ2) is 6.83. The van der Waals surface area contributed by atoms with Gasteiger partial charge in [-0.1, -0.05) is 0 Å². The minimum absolute atomic E-state index is 0.334. The number of benzene rings is 1. The first-order chi connectivity index (χ1) is 12.4. The Labute approximate surface area is 157 Å². The zero-order valence-corrected chi connectivity index (χ0v) is 16.5. The van der Waals surface area contributed by atoms with E-state index in [0.717, 1.165) is 29.3 Å². The zero-order chi connectivity index (χ0) is 18.3. The molecule has 0 aliphatic carbocycles. The molecular weight excluding hydrogens is 372 g/mol. The van der Waals surface area contributed by atoms with Crippen molar-refractivity contribution in [3.63, 3.8) is 0 Å². The fourth-order valence-electron chi connectivity index (χ4n) is 3.64. The number of nitrogens with zero attached hydrogens (tertiary/aromatic N) is 2. The van der Waals surface area contributed by atoms with Gasteiger partial charge in [0.05, 0.1) is 11.2 Å². The Morgan fingerprint density at radius 2 is 1.77 bits per heavy atom. The van der Waals surface area contributed by atoms with E-state index in [2.05, 4.69) is 18.0 Å². The maximum Gasteiger partial charge on any atom is 0.254 e. The summed E-state index contributed by atoms with van der Waals surface area (Å²) in [5, 5.41) is 0.769. The lowest BCUT2D eigenvalue weighted by Gasteiger charge is -2.32. The third kappa shape index (κ3) is 3.21. The molecule has 2 aliphatic heterocycles. The van der Waals surface area contributed by atoms with Gasteiger partial charge in [0.25, 0.3) is 10.0 Å². The van der Waals surface area contributed by atoms with Crippen molar-refractivity contribution in [3.05, 3.63) is 34.5 Å². The summed E-state index contributed by atoms with van der Waals surface area (Å²) in [7, 11) is -3.43. The van der Waals surface area contributed by atoms with E-state index in [9.17, 15) is 8.42 Å². The Balaban J connectivity index is 1.50. The third-order valence-corrected chi connectivity index (χ3v) is 8.27. The lowest BCUT2D eigenvalue weighted by Crippen LogP contribution is -2.37. The van der Waals surface area contributed by atoms with Gasteiger partial charge in [-0.15, -0.1) is 11.3 Å². The molecule has 0 atom stereocenters. The van der Waals surface area contributed by atoms with Crippen molar-refractivity contribution >= 4 is 21.4 Å². The van der Waals surface area contributed by atoms with E-state index in [1.165, 1.54) is 28.7 Å². The quantitative estimate of drug-likeness (QED) is 0.800. The summed E-state index contributed by atoms with van der Waals surface area (Å²) in [4.78, 5) is 4.08. The van der Waals surface area contributed by atoms with E-state index in [-0.39, 0.29) is 0 Å². The third-order valence-electron chi connectivity index (χ3n) is 5.02. The average Bonchev–Trinajstić information content (AvgIpc) is 3.08. The largest absolute Gasteiger partial charge is 0.486 e. The van der Waals surface area contributed by atoms with Crippen molar-refractivity contribution in [2.45, 2.75) is 36.8 Å². The SMILES string of the molecule is Cc1ncc(S(=O)(=O)N2CCC(c3cc4c(cc3C)OCCO4)CC2)s1. The van der Waals surface area contributed by atoms with Gasteiger partial charge in [0.15, 0.2) is 15.7 Å². The molecule has 4 rings (SSSR count). The maximum atomic E-state index is 12.8.